The SMILES string of the molecule is COCc1c(C(=O)O)nnn1-c1ccc(O)cc1. The number of nitrogens with zero attached hydrogens (tertiary/aromatic N) is 3. The van der Waals surface area contributed by atoms with Crippen molar-refractivity contribution >= 4 is 5.97 Å². The van der Waals surface area contributed by atoms with E-state index in [0.29, 0.717) is 11.4 Å². The normalized spacial score (nSPS) is 10.5. The van der Waals surface area contributed by atoms with E-state index in [-0.39, 0.29) is 18.1 Å². The minimum absolute atomic E-state index is 0.0789. The van der Waals surface area contributed by atoms with Crippen LogP contribution in [0.3, 0.4) is 0 Å². The molecule has 0 fully saturated rings. The van der Waals surface area contributed by atoms with E-state index in [1.165, 1.54) is 23.9 Å². The molecule has 2 rings (SSSR count). The molecule has 0 radical (unpaired) electrons. The molecule has 0 spiro atoms. The standard InChI is InChI=1S/C11H11N3O4/c1-18-6-9-10(11(16)17)12-13-14(9)7-2-4-8(15)5-3-7/h2-5,15H,6H2,1H3,(H,16,17). The Hall–Kier alpha value is -2.41. The van der Waals surface area contributed by atoms with Gasteiger partial charge in [-0.2, -0.15) is 0 Å². The van der Waals surface area contributed by atoms with E-state index in [1.54, 1.807) is 12.1 Å². The molecule has 0 unspecified atom stereocenters. The zero-order valence-electron chi connectivity index (χ0n) is 9.57. The summed E-state index contributed by atoms with van der Waals surface area (Å²) < 4.78 is 6.32. The minimum atomic E-state index is -1.16. The minimum Gasteiger partial charge on any atom is -0.508 e. The maximum atomic E-state index is 11.0. The van der Waals surface area contributed by atoms with E-state index in [9.17, 15) is 9.90 Å². The first-order valence-electron chi connectivity index (χ1n) is 5.09. The third-order valence-corrected chi connectivity index (χ3v) is 2.34. The van der Waals surface area contributed by atoms with E-state index >= 15 is 0 Å². The number of benzene rings is 1. The molecule has 0 aliphatic carbocycles. The lowest BCUT2D eigenvalue weighted by molar-refractivity contribution is 0.0685. The monoisotopic (exact) mass is 249 g/mol. The Balaban J connectivity index is 2.50. The molecule has 7 nitrogen and oxygen atoms in total. The first-order valence-corrected chi connectivity index (χ1v) is 5.09. The van der Waals surface area contributed by atoms with Crippen molar-refractivity contribution in [2.24, 2.45) is 0 Å². The van der Waals surface area contributed by atoms with Gasteiger partial charge in [0.2, 0.25) is 0 Å². The average molecular weight is 249 g/mol. The predicted molar refractivity (Wildman–Crippen MR) is 60.7 cm³/mol. The lowest BCUT2D eigenvalue weighted by atomic mass is 10.2. The van der Waals surface area contributed by atoms with Crippen molar-refractivity contribution < 1.29 is 19.7 Å². The van der Waals surface area contributed by atoms with E-state index in [2.05, 4.69) is 10.3 Å². The predicted octanol–water partition coefficient (Wildman–Crippen LogP) is 0.817. The number of aromatic nitrogens is 3. The van der Waals surface area contributed by atoms with Crippen LogP contribution in [0.15, 0.2) is 24.3 Å². The molecule has 0 atom stereocenters. The van der Waals surface area contributed by atoms with E-state index in [4.69, 9.17) is 9.84 Å². The number of methoxy groups -OCH3 is 1. The van der Waals surface area contributed by atoms with Crippen LogP contribution >= 0.6 is 0 Å². The van der Waals surface area contributed by atoms with Crippen LogP contribution in [-0.2, 0) is 11.3 Å². The van der Waals surface area contributed by atoms with Gasteiger partial charge in [0.05, 0.1) is 12.3 Å². The van der Waals surface area contributed by atoms with Crippen LogP contribution < -0.4 is 0 Å². The van der Waals surface area contributed by atoms with E-state index in [1.807, 2.05) is 0 Å². The smallest absolute Gasteiger partial charge is 0.358 e. The molecular weight excluding hydrogens is 238 g/mol. The molecule has 0 bridgehead atoms. The lowest BCUT2D eigenvalue weighted by Crippen LogP contribution is -2.07. The number of rotatable bonds is 4. The van der Waals surface area contributed by atoms with E-state index < -0.39 is 5.97 Å². The molecule has 7 heteroatoms. The molecule has 1 aromatic heterocycles. The van der Waals surface area contributed by atoms with Gasteiger partial charge in [-0.05, 0) is 24.3 Å². The van der Waals surface area contributed by atoms with Gasteiger partial charge < -0.3 is 14.9 Å². The zero-order valence-corrected chi connectivity index (χ0v) is 9.57. The lowest BCUT2D eigenvalue weighted by Gasteiger charge is -2.06. The van der Waals surface area contributed by atoms with Gasteiger partial charge in [-0.25, -0.2) is 9.48 Å². The van der Waals surface area contributed by atoms with Crippen molar-refractivity contribution in [2.45, 2.75) is 6.61 Å². The van der Waals surface area contributed by atoms with Crippen molar-refractivity contribution in [3.05, 3.63) is 35.7 Å². The van der Waals surface area contributed by atoms with Gasteiger partial charge in [0.1, 0.15) is 11.4 Å². The molecule has 1 heterocycles. The highest BCUT2D eigenvalue weighted by atomic mass is 16.5. The van der Waals surface area contributed by atoms with Crippen LogP contribution in [0.1, 0.15) is 16.2 Å². The average Bonchev–Trinajstić information content (AvgIpc) is 2.74. The summed E-state index contributed by atoms with van der Waals surface area (Å²) in [6.07, 6.45) is 0. The number of aromatic carboxylic acids is 1. The molecule has 0 aliphatic heterocycles. The molecule has 0 saturated carbocycles. The summed E-state index contributed by atoms with van der Waals surface area (Å²) >= 11 is 0. The highest BCUT2D eigenvalue weighted by molar-refractivity contribution is 5.86. The van der Waals surface area contributed by atoms with Gasteiger partial charge in [-0.15, -0.1) is 5.10 Å². The number of phenols is 1. The Morgan fingerprint density at radius 2 is 2.06 bits per heavy atom. The number of aromatic hydroxyl groups is 1. The van der Waals surface area contributed by atoms with Crippen LogP contribution in [-0.4, -0.2) is 38.3 Å². The van der Waals surface area contributed by atoms with Gasteiger partial charge >= 0.3 is 5.97 Å². The van der Waals surface area contributed by atoms with Gasteiger partial charge in [0.25, 0.3) is 0 Å². The van der Waals surface area contributed by atoms with Crippen molar-refractivity contribution in [3.8, 4) is 11.4 Å². The summed E-state index contributed by atoms with van der Waals surface area (Å²) in [7, 11) is 1.46. The summed E-state index contributed by atoms with van der Waals surface area (Å²) in [6, 6.07) is 6.17. The molecule has 0 aliphatic rings. The van der Waals surface area contributed by atoms with Crippen molar-refractivity contribution in [1.82, 2.24) is 15.0 Å². The van der Waals surface area contributed by atoms with E-state index in [0.717, 1.165) is 0 Å². The van der Waals surface area contributed by atoms with Crippen LogP contribution in [0.2, 0.25) is 0 Å². The number of carboxylic acid groups (broad SMARTS) is 1. The van der Waals surface area contributed by atoms with Crippen LogP contribution in [0.25, 0.3) is 5.69 Å². The number of carboxylic acids is 1. The fraction of sp³-hybridized carbons (Fsp3) is 0.182. The van der Waals surface area contributed by atoms with Gasteiger partial charge in [-0.1, -0.05) is 5.21 Å². The first kappa shape index (κ1) is 12.1. The number of ether oxygens (including phenoxy) is 1. The fourth-order valence-electron chi connectivity index (χ4n) is 1.54. The van der Waals surface area contributed by atoms with Gasteiger partial charge in [0, 0.05) is 7.11 Å². The molecule has 2 N–H and O–H groups in total. The molecule has 1 aromatic carbocycles. The third-order valence-electron chi connectivity index (χ3n) is 2.34. The topological polar surface area (TPSA) is 97.5 Å². The van der Waals surface area contributed by atoms with Crippen molar-refractivity contribution in [3.63, 3.8) is 0 Å². The second-order valence-electron chi connectivity index (χ2n) is 3.55. The second kappa shape index (κ2) is 4.84. The van der Waals surface area contributed by atoms with Gasteiger partial charge in [0.15, 0.2) is 5.69 Å². The summed E-state index contributed by atoms with van der Waals surface area (Å²) in [5.74, 6) is -1.04. The quantitative estimate of drug-likeness (QED) is 0.832. The zero-order chi connectivity index (χ0) is 13.1. The Bertz CT molecular complexity index is 562. The maximum Gasteiger partial charge on any atom is 0.358 e. The summed E-state index contributed by atoms with van der Waals surface area (Å²) in [5.41, 5.74) is 0.792. The number of carbonyl (C=O) groups is 1. The molecule has 0 amide bonds. The largest absolute Gasteiger partial charge is 0.508 e. The first-order chi connectivity index (χ1) is 8.63. The molecule has 18 heavy (non-hydrogen) atoms. The molecular formula is C11H11N3O4. The van der Waals surface area contributed by atoms with Crippen LogP contribution in [0.4, 0.5) is 0 Å². The maximum absolute atomic E-state index is 11.0. The molecule has 0 saturated heterocycles. The summed E-state index contributed by atoms with van der Waals surface area (Å²) in [4.78, 5) is 11.0. The third kappa shape index (κ3) is 2.16. The van der Waals surface area contributed by atoms with Crippen molar-refractivity contribution in [1.29, 1.82) is 0 Å². The molecule has 2 aromatic rings. The highest BCUT2D eigenvalue weighted by Gasteiger charge is 2.19. The number of hydrogen-bond acceptors (Lipinski definition) is 5. The van der Waals surface area contributed by atoms with Crippen LogP contribution in [0.5, 0.6) is 5.75 Å². The second-order valence-corrected chi connectivity index (χ2v) is 3.55. The highest BCUT2D eigenvalue weighted by Crippen LogP contribution is 2.17. The summed E-state index contributed by atoms with van der Waals surface area (Å²) in [5, 5.41) is 25.6. The molecule has 94 valence electrons. The number of hydrogen-bond donors (Lipinski definition) is 2. The Labute approximate surface area is 102 Å². The Kier molecular flexibility index (Phi) is 3.24. The Morgan fingerprint density at radius 3 is 2.61 bits per heavy atom. The Morgan fingerprint density at radius 1 is 1.39 bits per heavy atom. The van der Waals surface area contributed by atoms with Gasteiger partial charge in [-0.3, -0.25) is 0 Å². The van der Waals surface area contributed by atoms with Crippen molar-refractivity contribution in [2.75, 3.05) is 7.11 Å². The van der Waals surface area contributed by atoms with Crippen LogP contribution in [0, 0.1) is 0 Å². The summed E-state index contributed by atoms with van der Waals surface area (Å²) in [6.45, 7) is 0.0789. The fourth-order valence-corrected chi connectivity index (χ4v) is 1.54. The number of phenolic OH excluding ortho intramolecular Hbond substituents is 1.